The lowest BCUT2D eigenvalue weighted by Gasteiger charge is -2.10. The van der Waals surface area contributed by atoms with Crippen LogP contribution in [0.25, 0.3) is 0 Å². The van der Waals surface area contributed by atoms with E-state index in [2.05, 4.69) is 5.32 Å². The summed E-state index contributed by atoms with van der Waals surface area (Å²) in [5.74, 6) is -1.22. The second-order valence-corrected chi connectivity index (χ2v) is 4.68. The number of carbonyl (C=O) groups excluding carboxylic acids is 1. The van der Waals surface area contributed by atoms with E-state index >= 15 is 0 Å². The van der Waals surface area contributed by atoms with Gasteiger partial charge in [0, 0.05) is 24.4 Å². The summed E-state index contributed by atoms with van der Waals surface area (Å²) < 4.78 is 0. The fourth-order valence-corrected chi connectivity index (χ4v) is 1.80. The molecular weight excluding hydrogens is 254 g/mol. The van der Waals surface area contributed by atoms with Gasteiger partial charge in [0.25, 0.3) is 0 Å². The Hall–Kier alpha value is -1.55. The molecule has 1 atom stereocenters. The van der Waals surface area contributed by atoms with Crippen molar-refractivity contribution in [2.24, 2.45) is 5.92 Å². The van der Waals surface area contributed by atoms with Crippen LogP contribution in [0.3, 0.4) is 0 Å². The monoisotopic (exact) mass is 269 g/mol. The number of carboxylic acids is 1. The molecule has 0 aromatic heterocycles. The van der Waals surface area contributed by atoms with Crippen molar-refractivity contribution in [3.05, 3.63) is 34.9 Å². The van der Waals surface area contributed by atoms with Crippen LogP contribution in [-0.2, 0) is 16.1 Å². The number of aliphatic carboxylic acids is 1. The van der Waals surface area contributed by atoms with Crippen LogP contribution in [-0.4, -0.2) is 17.0 Å². The Morgan fingerprint density at radius 1 is 1.33 bits per heavy atom. The Morgan fingerprint density at radius 2 is 2.00 bits per heavy atom. The van der Waals surface area contributed by atoms with E-state index in [9.17, 15) is 9.59 Å². The Morgan fingerprint density at radius 3 is 2.61 bits per heavy atom. The molecule has 2 N–H and O–H groups in total. The predicted octanol–water partition coefficient (Wildman–Crippen LogP) is 2.46. The highest BCUT2D eigenvalue weighted by Crippen LogP contribution is 2.14. The predicted molar refractivity (Wildman–Crippen MR) is 69.3 cm³/mol. The summed E-state index contributed by atoms with van der Waals surface area (Å²) in [6.07, 6.45) is 0.205. The number of rotatable bonds is 6. The molecule has 4 nitrogen and oxygen atoms in total. The highest BCUT2D eigenvalue weighted by Gasteiger charge is 2.12. The third kappa shape index (κ3) is 5.19. The third-order valence-corrected chi connectivity index (χ3v) is 2.86. The quantitative estimate of drug-likeness (QED) is 0.834. The van der Waals surface area contributed by atoms with Crippen LogP contribution >= 0.6 is 11.6 Å². The van der Waals surface area contributed by atoms with Gasteiger partial charge in [0.15, 0.2) is 0 Å². The van der Waals surface area contributed by atoms with Crippen molar-refractivity contribution >= 4 is 23.5 Å². The van der Waals surface area contributed by atoms with Crippen LogP contribution in [0, 0.1) is 5.92 Å². The zero-order valence-corrected chi connectivity index (χ0v) is 10.9. The topological polar surface area (TPSA) is 66.4 Å². The molecule has 0 radical (unpaired) electrons. The molecule has 0 heterocycles. The third-order valence-electron chi connectivity index (χ3n) is 2.49. The fraction of sp³-hybridized carbons (Fsp3) is 0.385. The number of carbonyl (C=O) groups is 2. The molecule has 0 aliphatic heterocycles. The molecule has 0 saturated heterocycles. The minimum atomic E-state index is -0.888. The Bertz CT molecular complexity index is 434. The summed E-state index contributed by atoms with van der Waals surface area (Å²) in [5.41, 5.74) is 0.846. The smallest absolute Gasteiger partial charge is 0.303 e. The van der Waals surface area contributed by atoms with Crippen molar-refractivity contribution in [1.29, 1.82) is 0 Å². The molecular formula is C13H16ClNO3. The van der Waals surface area contributed by atoms with Crippen LogP contribution < -0.4 is 5.32 Å². The molecule has 0 saturated carbocycles. The SMILES string of the molecule is CC(CC(=O)O)CC(=O)NCc1ccccc1Cl. The summed E-state index contributed by atoms with van der Waals surface area (Å²) in [5, 5.41) is 11.9. The molecule has 1 unspecified atom stereocenters. The zero-order valence-electron chi connectivity index (χ0n) is 10.1. The van der Waals surface area contributed by atoms with Crippen LogP contribution in [0.15, 0.2) is 24.3 Å². The molecule has 0 fully saturated rings. The maximum atomic E-state index is 11.6. The molecule has 5 heteroatoms. The van der Waals surface area contributed by atoms with Crippen molar-refractivity contribution in [1.82, 2.24) is 5.32 Å². The summed E-state index contributed by atoms with van der Waals surface area (Å²) in [4.78, 5) is 22.0. The van der Waals surface area contributed by atoms with Crippen LogP contribution in [0.1, 0.15) is 25.3 Å². The van der Waals surface area contributed by atoms with E-state index in [1.54, 1.807) is 13.0 Å². The number of hydrogen-bond acceptors (Lipinski definition) is 2. The molecule has 1 rings (SSSR count). The van der Waals surface area contributed by atoms with Gasteiger partial charge in [-0.2, -0.15) is 0 Å². The van der Waals surface area contributed by atoms with Gasteiger partial charge >= 0.3 is 5.97 Å². The normalized spacial score (nSPS) is 11.9. The summed E-state index contributed by atoms with van der Waals surface area (Å²) >= 11 is 5.95. The van der Waals surface area contributed by atoms with Crippen molar-refractivity contribution in [3.63, 3.8) is 0 Å². The first kappa shape index (κ1) is 14.5. The van der Waals surface area contributed by atoms with E-state index in [0.717, 1.165) is 5.56 Å². The fourth-order valence-electron chi connectivity index (χ4n) is 1.59. The van der Waals surface area contributed by atoms with E-state index in [0.29, 0.717) is 11.6 Å². The first-order valence-electron chi connectivity index (χ1n) is 5.71. The van der Waals surface area contributed by atoms with Crippen LogP contribution in [0.2, 0.25) is 5.02 Å². The van der Waals surface area contributed by atoms with E-state index in [-0.39, 0.29) is 24.7 Å². The molecule has 98 valence electrons. The van der Waals surface area contributed by atoms with E-state index in [4.69, 9.17) is 16.7 Å². The first-order valence-corrected chi connectivity index (χ1v) is 6.08. The number of carboxylic acid groups (broad SMARTS) is 1. The Balaban J connectivity index is 2.38. The van der Waals surface area contributed by atoms with Gasteiger partial charge < -0.3 is 10.4 Å². The standard InChI is InChI=1S/C13H16ClNO3/c1-9(7-13(17)18)6-12(16)15-8-10-4-2-3-5-11(10)14/h2-5,9H,6-8H2,1H3,(H,15,16)(H,17,18). The lowest BCUT2D eigenvalue weighted by atomic mass is 10.0. The van der Waals surface area contributed by atoms with E-state index in [1.165, 1.54) is 0 Å². The second-order valence-electron chi connectivity index (χ2n) is 4.28. The van der Waals surface area contributed by atoms with Gasteiger partial charge in [-0.3, -0.25) is 9.59 Å². The van der Waals surface area contributed by atoms with Gasteiger partial charge in [-0.05, 0) is 17.5 Å². The van der Waals surface area contributed by atoms with Crippen LogP contribution in [0.5, 0.6) is 0 Å². The first-order chi connectivity index (χ1) is 8.49. The molecule has 0 aliphatic carbocycles. The maximum absolute atomic E-state index is 11.6. The number of benzene rings is 1. The lowest BCUT2D eigenvalue weighted by Crippen LogP contribution is -2.25. The second kappa shape index (κ2) is 7.01. The van der Waals surface area contributed by atoms with E-state index in [1.807, 2.05) is 18.2 Å². The average molecular weight is 270 g/mol. The van der Waals surface area contributed by atoms with Crippen molar-refractivity contribution in [3.8, 4) is 0 Å². The number of hydrogen-bond donors (Lipinski definition) is 2. The van der Waals surface area contributed by atoms with Crippen molar-refractivity contribution in [2.75, 3.05) is 0 Å². The van der Waals surface area contributed by atoms with Gasteiger partial charge in [0.1, 0.15) is 0 Å². The average Bonchev–Trinajstić information content (AvgIpc) is 2.26. The van der Waals surface area contributed by atoms with Crippen molar-refractivity contribution < 1.29 is 14.7 Å². The van der Waals surface area contributed by atoms with Gasteiger partial charge in [-0.15, -0.1) is 0 Å². The Labute approximate surface area is 111 Å². The molecule has 0 spiro atoms. The molecule has 1 amide bonds. The molecule has 1 aromatic rings. The minimum absolute atomic E-state index is 0.000483. The van der Waals surface area contributed by atoms with Crippen LogP contribution in [0.4, 0.5) is 0 Å². The molecule has 1 aromatic carbocycles. The van der Waals surface area contributed by atoms with Gasteiger partial charge in [-0.25, -0.2) is 0 Å². The minimum Gasteiger partial charge on any atom is -0.481 e. The molecule has 0 bridgehead atoms. The summed E-state index contributed by atoms with van der Waals surface area (Å²) in [6, 6.07) is 7.27. The maximum Gasteiger partial charge on any atom is 0.303 e. The van der Waals surface area contributed by atoms with Gasteiger partial charge in [0.2, 0.25) is 5.91 Å². The summed E-state index contributed by atoms with van der Waals surface area (Å²) in [6.45, 7) is 2.10. The number of amides is 1. The highest BCUT2D eigenvalue weighted by atomic mass is 35.5. The zero-order chi connectivity index (χ0) is 13.5. The molecule has 0 aliphatic rings. The summed E-state index contributed by atoms with van der Waals surface area (Å²) in [7, 11) is 0. The highest BCUT2D eigenvalue weighted by molar-refractivity contribution is 6.31. The largest absolute Gasteiger partial charge is 0.481 e. The van der Waals surface area contributed by atoms with Gasteiger partial charge in [0.05, 0.1) is 0 Å². The van der Waals surface area contributed by atoms with Crippen molar-refractivity contribution in [2.45, 2.75) is 26.3 Å². The van der Waals surface area contributed by atoms with Gasteiger partial charge in [-0.1, -0.05) is 36.7 Å². The van der Waals surface area contributed by atoms with E-state index < -0.39 is 5.97 Å². The Kier molecular flexibility index (Phi) is 5.65. The molecule has 18 heavy (non-hydrogen) atoms. The lowest BCUT2D eigenvalue weighted by molar-refractivity contribution is -0.138. The number of nitrogens with one attached hydrogen (secondary N) is 1. The number of halogens is 1.